The summed E-state index contributed by atoms with van der Waals surface area (Å²) in [5.41, 5.74) is 1.60. The summed E-state index contributed by atoms with van der Waals surface area (Å²) in [6, 6.07) is 0. The molecule has 0 aliphatic carbocycles. The van der Waals surface area contributed by atoms with Crippen LogP contribution in [-0.2, 0) is 0 Å². The van der Waals surface area contributed by atoms with Crippen LogP contribution >= 0.6 is 0 Å². The third-order valence-corrected chi connectivity index (χ3v) is 6.93. The van der Waals surface area contributed by atoms with E-state index in [0.717, 1.165) is 30.2 Å². The summed E-state index contributed by atoms with van der Waals surface area (Å²) in [6.07, 6.45) is 15.1. The van der Waals surface area contributed by atoms with Crippen LogP contribution in [0.25, 0.3) is 0 Å². The van der Waals surface area contributed by atoms with Gasteiger partial charge in [0.2, 0.25) is 0 Å². The van der Waals surface area contributed by atoms with Crippen LogP contribution in [0.5, 0.6) is 0 Å². The van der Waals surface area contributed by atoms with Crippen molar-refractivity contribution in [3.05, 3.63) is 11.6 Å². The van der Waals surface area contributed by atoms with E-state index in [4.69, 9.17) is 0 Å². The number of hydrogen-bond acceptors (Lipinski definition) is 2. The first-order chi connectivity index (χ1) is 14.3. The highest BCUT2D eigenvalue weighted by molar-refractivity contribution is 4.99. The summed E-state index contributed by atoms with van der Waals surface area (Å²) in [5.74, 6) is 3.48. The molecular weight excluding hydrogens is 364 g/mol. The number of rotatable bonds is 16. The lowest BCUT2D eigenvalue weighted by molar-refractivity contribution is 0.131. The smallest absolute Gasteiger partial charge is 0.0166 e. The van der Waals surface area contributed by atoms with Gasteiger partial charge in [-0.2, -0.15) is 0 Å². The molecule has 0 saturated carbocycles. The molecule has 2 heteroatoms. The first kappa shape index (κ1) is 27.7. The van der Waals surface area contributed by atoms with Crippen LogP contribution in [0.3, 0.4) is 0 Å². The second-order valence-corrected chi connectivity index (χ2v) is 11.4. The Labute approximate surface area is 190 Å². The summed E-state index contributed by atoms with van der Waals surface area (Å²) in [7, 11) is 0. The molecule has 1 fully saturated rings. The molecule has 2 unspecified atom stereocenters. The molecule has 2 atom stereocenters. The molecule has 0 amide bonds. The van der Waals surface area contributed by atoms with E-state index in [1.165, 1.54) is 90.5 Å². The highest BCUT2D eigenvalue weighted by Crippen LogP contribution is 2.22. The van der Waals surface area contributed by atoms with Gasteiger partial charge in [-0.05, 0) is 43.4 Å². The summed E-state index contributed by atoms with van der Waals surface area (Å²) in [5, 5.41) is 0. The first-order valence-electron chi connectivity index (χ1n) is 13.4. The molecule has 0 N–H and O–H groups in total. The fraction of sp³-hybridized carbons (Fsp3) is 0.929. The molecule has 1 aliphatic rings. The monoisotopic (exact) mass is 420 g/mol. The van der Waals surface area contributed by atoms with Crippen LogP contribution in [0.1, 0.15) is 106 Å². The van der Waals surface area contributed by atoms with Crippen LogP contribution in [-0.4, -0.2) is 49.1 Å². The number of allylic oxidation sites excluding steroid dienone is 1. The molecule has 0 aromatic rings. The van der Waals surface area contributed by atoms with Gasteiger partial charge in [-0.3, -0.25) is 4.90 Å². The van der Waals surface area contributed by atoms with Gasteiger partial charge in [0.15, 0.2) is 0 Å². The van der Waals surface area contributed by atoms with Crippen molar-refractivity contribution >= 4 is 0 Å². The minimum atomic E-state index is 0.791. The molecule has 0 spiro atoms. The zero-order chi connectivity index (χ0) is 22.4. The van der Waals surface area contributed by atoms with Gasteiger partial charge in [0.1, 0.15) is 0 Å². The second kappa shape index (κ2) is 16.3. The average molecular weight is 421 g/mol. The molecule has 0 aromatic heterocycles. The molecule has 1 heterocycles. The molecular formula is C28H56N2. The van der Waals surface area contributed by atoms with Crippen LogP contribution < -0.4 is 0 Å². The lowest BCUT2D eigenvalue weighted by atomic mass is 9.91. The standard InChI is InChI=1S/C28H56N2/c1-24(2)11-8-12-26(5)13-9-14-27(6)15-10-16-28(7)17-18-29-19-21-30(22-20-29)23-25(3)4/h17,24-27H,8-16,18-23H2,1-7H3. The van der Waals surface area contributed by atoms with Gasteiger partial charge in [0.05, 0.1) is 0 Å². The van der Waals surface area contributed by atoms with E-state index < -0.39 is 0 Å². The SMILES string of the molecule is CC(=CCN1CCN(CC(C)C)CC1)CCCC(C)CCCC(C)CCCC(C)C. The highest BCUT2D eigenvalue weighted by atomic mass is 15.3. The van der Waals surface area contributed by atoms with Gasteiger partial charge < -0.3 is 4.90 Å². The Kier molecular flexibility index (Phi) is 15.1. The van der Waals surface area contributed by atoms with Crippen molar-refractivity contribution in [2.45, 2.75) is 106 Å². The normalized spacial score (nSPS) is 19.0. The van der Waals surface area contributed by atoms with Crippen molar-refractivity contribution in [2.75, 3.05) is 39.3 Å². The van der Waals surface area contributed by atoms with Gasteiger partial charge in [0, 0.05) is 39.3 Å². The van der Waals surface area contributed by atoms with Gasteiger partial charge in [-0.25, -0.2) is 0 Å². The lowest BCUT2D eigenvalue weighted by Crippen LogP contribution is -2.47. The van der Waals surface area contributed by atoms with Crippen molar-refractivity contribution in [3.63, 3.8) is 0 Å². The predicted molar refractivity (Wildman–Crippen MR) is 136 cm³/mol. The summed E-state index contributed by atoms with van der Waals surface area (Å²) < 4.78 is 0. The second-order valence-electron chi connectivity index (χ2n) is 11.4. The minimum Gasteiger partial charge on any atom is -0.301 e. The lowest BCUT2D eigenvalue weighted by Gasteiger charge is -2.35. The molecule has 0 bridgehead atoms. The Morgan fingerprint density at radius 1 is 0.667 bits per heavy atom. The van der Waals surface area contributed by atoms with Crippen molar-refractivity contribution in [1.82, 2.24) is 9.80 Å². The van der Waals surface area contributed by atoms with Crippen LogP contribution in [0.15, 0.2) is 11.6 Å². The Morgan fingerprint density at radius 3 is 1.70 bits per heavy atom. The Balaban J connectivity index is 2.05. The van der Waals surface area contributed by atoms with Gasteiger partial charge >= 0.3 is 0 Å². The summed E-state index contributed by atoms with van der Waals surface area (Å²) in [4.78, 5) is 5.26. The van der Waals surface area contributed by atoms with Crippen molar-refractivity contribution in [1.29, 1.82) is 0 Å². The number of piperazine rings is 1. The molecule has 178 valence electrons. The fourth-order valence-corrected chi connectivity index (χ4v) is 4.77. The third-order valence-electron chi connectivity index (χ3n) is 6.93. The molecule has 1 aliphatic heterocycles. The van der Waals surface area contributed by atoms with E-state index in [0.29, 0.717) is 0 Å². The minimum absolute atomic E-state index is 0.791. The molecule has 0 radical (unpaired) electrons. The van der Waals surface area contributed by atoms with Gasteiger partial charge in [0.25, 0.3) is 0 Å². The molecule has 1 rings (SSSR count). The molecule has 0 aromatic carbocycles. The third kappa shape index (κ3) is 14.6. The van der Waals surface area contributed by atoms with E-state index in [-0.39, 0.29) is 0 Å². The maximum atomic E-state index is 2.63. The molecule has 30 heavy (non-hydrogen) atoms. The van der Waals surface area contributed by atoms with Crippen molar-refractivity contribution in [3.8, 4) is 0 Å². The predicted octanol–water partition coefficient (Wildman–Crippen LogP) is 7.65. The van der Waals surface area contributed by atoms with E-state index in [1.54, 1.807) is 5.57 Å². The quantitative estimate of drug-likeness (QED) is 0.237. The Bertz CT molecular complexity index is 432. The first-order valence-corrected chi connectivity index (χ1v) is 13.4. The van der Waals surface area contributed by atoms with Crippen molar-refractivity contribution in [2.24, 2.45) is 23.7 Å². The fourth-order valence-electron chi connectivity index (χ4n) is 4.77. The van der Waals surface area contributed by atoms with Crippen LogP contribution in [0, 0.1) is 23.7 Å². The number of hydrogen-bond donors (Lipinski definition) is 0. The van der Waals surface area contributed by atoms with E-state index in [1.807, 2.05) is 0 Å². The maximum Gasteiger partial charge on any atom is 0.0166 e. The van der Waals surface area contributed by atoms with Crippen LogP contribution in [0.2, 0.25) is 0 Å². The Hall–Kier alpha value is -0.340. The van der Waals surface area contributed by atoms with E-state index >= 15 is 0 Å². The highest BCUT2D eigenvalue weighted by Gasteiger charge is 2.16. The van der Waals surface area contributed by atoms with E-state index in [9.17, 15) is 0 Å². The van der Waals surface area contributed by atoms with Crippen molar-refractivity contribution < 1.29 is 0 Å². The summed E-state index contributed by atoms with van der Waals surface area (Å²) >= 11 is 0. The zero-order valence-corrected chi connectivity index (χ0v) is 21.9. The van der Waals surface area contributed by atoms with Gasteiger partial charge in [-0.1, -0.05) is 98.1 Å². The largest absolute Gasteiger partial charge is 0.301 e. The zero-order valence-electron chi connectivity index (χ0n) is 21.9. The average Bonchev–Trinajstić information content (AvgIpc) is 2.66. The Morgan fingerprint density at radius 2 is 1.17 bits per heavy atom. The molecule has 1 saturated heterocycles. The molecule has 2 nitrogen and oxygen atoms in total. The van der Waals surface area contributed by atoms with E-state index in [2.05, 4.69) is 64.3 Å². The topological polar surface area (TPSA) is 6.48 Å². The summed E-state index contributed by atoms with van der Waals surface area (Å²) in [6.45, 7) is 24.0. The maximum absolute atomic E-state index is 2.63. The van der Waals surface area contributed by atoms with Crippen LogP contribution in [0.4, 0.5) is 0 Å². The number of nitrogens with zero attached hydrogens (tertiary/aromatic N) is 2. The van der Waals surface area contributed by atoms with Gasteiger partial charge in [-0.15, -0.1) is 0 Å².